The number of benzene rings is 2. The quantitative estimate of drug-likeness (QED) is 0.233. The SMILES string of the molecule is CN(C(=O)C1CCCN1C(=O)[C@H](NCC(=O)O)C(c1ccccc1)c1ccccc1)c1ccc(C(=N)N)s1. The Kier molecular flexibility index (Phi) is 8.55. The molecule has 4 rings (SSSR count). The van der Waals surface area contributed by atoms with Crippen molar-refractivity contribution in [3.63, 3.8) is 0 Å². The maximum atomic E-state index is 14.2. The third-order valence-corrected chi connectivity index (χ3v) is 7.92. The predicted octanol–water partition coefficient (Wildman–Crippen LogP) is 2.86. The van der Waals surface area contributed by atoms with Gasteiger partial charge in [-0.3, -0.25) is 25.1 Å². The number of anilines is 1. The molecular weight excluding hydrogens is 502 g/mol. The number of carboxylic acid groups (broad SMARTS) is 1. The molecule has 38 heavy (non-hydrogen) atoms. The van der Waals surface area contributed by atoms with Crippen molar-refractivity contribution in [1.29, 1.82) is 5.41 Å². The van der Waals surface area contributed by atoms with Gasteiger partial charge in [0, 0.05) is 19.5 Å². The van der Waals surface area contributed by atoms with Gasteiger partial charge in [0.15, 0.2) is 0 Å². The number of nitrogens with zero attached hydrogens (tertiary/aromatic N) is 2. The van der Waals surface area contributed by atoms with E-state index in [1.807, 2.05) is 60.7 Å². The average molecular weight is 534 g/mol. The molecule has 2 amide bonds. The average Bonchev–Trinajstić information content (AvgIpc) is 3.61. The van der Waals surface area contributed by atoms with Crippen LogP contribution in [0.1, 0.15) is 34.8 Å². The normalized spacial score (nSPS) is 15.8. The summed E-state index contributed by atoms with van der Waals surface area (Å²) < 4.78 is 0. The van der Waals surface area contributed by atoms with Crippen LogP contribution in [0.2, 0.25) is 0 Å². The van der Waals surface area contributed by atoms with Crippen LogP contribution in [-0.4, -0.2) is 65.8 Å². The summed E-state index contributed by atoms with van der Waals surface area (Å²) in [5.74, 6) is -2.16. The summed E-state index contributed by atoms with van der Waals surface area (Å²) >= 11 is 1.24. The number of carbonyl (C=O) groups is 3. The second kappa shape index (κ2) is 12.0. The first-order valence-corrected chi connectivity index (χ1v) is 13.2. The van der Waals surface area contributed by atoms with E-state index in [0.29, 0.717) is 29.3 Å². The summed E-state index contributed by atoms with van der Waals surface area (Å²) in [4.78, 5) is 42.9. The predicted molar refractivity (Wildman–Crippen MR) is 148 cm³/mol. The van der Waals surface area contributed by atoms with Gasteiger partial charge in [-0.1, -0.05) is 60.7 Å². The summed E-state index contributed by atoms with van der Waals surface area (Å²) in [7, 11) is 1.65. The Hall–Kier alpha value is -4.02. The number of amides is 2. The Morgan fingerprint density at radius 3 is 2.21 bits per heavy atom. The van der Waals surface area contributed by atoms with Crippen LogP contribution in [0.4, 0.5) is 5.00 Å². The Morgan fingerprint density at radius 2 is 1.68 bits per heavy atom. The van der Waals surface area contributed by atoms with Crippen molar-refractivity contribution in [3.05, 3.63) is 88.8 Å². The fourth-order valence-corrected chi connectivity index (χ4v) is 5.73. The number of nitrogen functional groups attached to an aromatic ring is 1. The molecule has 1 aliphatic rings. The smallest absolute Gasteiger partial charge is 0.317 e. The third-order valence-electron chi connectivity index (χ3n) is 6.73. The number of carboxylic acids is 1. The summed E-state index contributed by atoms with van der Waals surface area (Å²) in [6.07, 6.45) is 1.17. The van der Waals surface area contributed by atoms with Gasteiger partial charge >= 0.3 is 5.97 Å². The number of nitrogens with one attached hydrogen (secondary N) is 2. The number of nitrogens with two attached hydrogens (primary N) is 1. The van der Waals surface area contributed by atoms with Crippen LogP contribution >= 0.6 is 11.3 Å². The fourth-order valence-electron chi connectivity index (χ4n) is 4.89. The first kappa shape index (κ1) is 27.0. The van der Waals surface area contributed by atoms with Gasteiger partial charge < -0.3 is 20.6 Å². The van der Waals surface area contributed by atoms with Gasteiger partial charge in [-0.2, -0.15) is 0 Å². The minimum absolute atomic E-state index is 0.0695. The van der Waals surface area contributed by atoms with Crippen LogP contribution < -0.4 is 16.0 Å². The van der Waals surface area contributed by atoms with Crippen molar-refractivity contribution in [2.45, 2.75) is 30.8 Å². The highest BCUT2D eigenvalue weighted by Gasteiger charge is 2.41. The lowest BCUT2D eigenvalue weighted by atomic mass is 9.84. The number of rotatable bonds is 10. The Labute approximate surface area is 225 Å². The molecule has 0 saturated carbocycles. The standard InChI is InChI=1S/C28H31N5O4S/c1-32(22-15-14-21(38-22)26(29)30)27(36)20-13-8-16-33(20)28(37)25(31-17-23(34)35)24(18-9-4-2-5-10-18)19-11-6-3-7-12-19/h2-7,9-12,14-15,20,24-25,31H,8,13,16-17H2,1H3,(H3,29,30)(H,34,35)/t20?,25-/m1/s1. The lowest BCUT2D eigenvalue weighted by Gasteiger charge is -2.34. The summed E-state index contributed by atoms with van der Waals surface area (Å²) in [6, 6.07) is 20.9. The van der Waals surface area contributed by atoms with Crippen molar-refractivity contribution >= 4 is 40.0 Å². The fraction of sp³-hybridized carbons (Fsp3) is 0.286. The highest BCUT2D eigenvalue weighted by molar-refractivity contribution is 7.18. The van der Waals surface area contributed by atoms with E-state index in [4.69, 9.17) is 11.1 Å². The van der Waals surface area contributed by atoms with E-state index in [9.17, 15) is 19.5 Å². The maximum Gasteiger partial charge on any atom is 0.317 e. The van der Waals surface area contributed by atoms with Gasteiger partial charge in [0.25, 0.3) is 0 Å². The van der Waals surface area contributed by atoms with Crippen molar-refractivity contribution in [2.24, 2.45) is 5.73 Å². The van der Waals surface area contributed by atoms with Gasteiger partial charge in [-0.05, 0) is 36.1 Å². The number of likely N-dealkylation sites (tertiary alicyclic amines) is 1. The molecule has 1 saturated heterocycles. The summed E-state index contributed by atoms with van der Waals surface area (Å²) in [5.41, 5.74) is 7.31. The minimum Gasteiger partial charge on any atom is -0.480 e. The number of carbonyl (C=O) groups excluding carboxylic acids is 2. The number of hydrogen-bond donors (Lipinski definition) is 4. The highest BCUT2D eigenvalue weighted by atomic mass is 32.1. The molecule has 5 N–H and O–H groups in total. The number of likely N-dealkylation sites (N-methyl/N-ethyl adjacent to an activating group) is 1. The molecule has 0 aliphatic carbocycles. The van der Waals surface area contributed by atoms with E-state index < -0.39 is 30.5 Å². The number of thiophene rings is 1. The van der Waals surface area contributed by atoms with Gasteiger partial charge in [0.1, 0.15) is 11.9 Å². The molecule has 0 radical (unpaired) electrons. The minimum atomic E-state index is -1.07. The first-order chi connectivity index (χ1) is 18.3. The molecule has 1 aliphatic heterocycles. The second-order valence-corrected chi connectivity index (χ2v) is 10.3. The zero-order chi connectivity index (χ0) is 27.2. The van der Waals surface area contributed by atoms with E-state index in [2.05, 4.69) is 5.32 Å². The summed E-state index contributed by atoms with van der Waals surface area (Å²) in [6.45, 7) is -0.00425. The lowest BCUT2D eigenvalue weighted by molar-refractivity contribution is -0.140. The van der Waals surface area contributed by atoms with Crippen LogP contribution in [0.5, 0.6) is 0 Å². The number of amidine groups is 1. The van der Waals surface area contributed by atoms with Crippen LogP contribution in [0.25, 0.3) is 0 Å². The molecule has 0 spiro atoms. The molecule has 2 aromatic carbocycles. The Bertz CT molecular complexity index is 1260. The van der Waals surface area contributed by atoms with Gasteiger partial charge in [0.2, 0.25) is 11.8 Å². The van der Waals surface area contributed by atoms with Crippen molar-refractivity contribution in [1.82, 2.24) is 10.2 Å². The number of hydrogen-bond acceptors (Lipinski definition) is 6. The van der Waals surface area contributed by atoms with Crippen molar-refractivity contribution < 1.29 is 19.5 Å². The third kappa shape index (κ3) is 5.92. The Morgan fingerprint density at radius 1 is 1.08 bits per heavy atom. The van der Waals surface area contributed by atoms with E-state index in [-0.39, 0.29) is 17.6 Å². The zero-order valence-electron chi connectivity index (χ0n) is 21.0. The van der Waals surface area contributed by atoms with Gasteiger partial charge in [0.05, 0.1) is 22.5 Å². The molecule has 0 bridgehead atoms. The first-order valence-electron chi connectivity index (χ1n) is 12.3. The van der Waals surface area contributed by atoms with Crippen LogP contribution in [-0.2, 0) is 14.4 Å². The zero-order valence-corrected chi connectivity index (χ0v) is 21.9. The van der Waals surface area contributed by atoms with Crippen molar-refractivity contribution in [3.8, 4) is 0 Å². The molecule has 198 valence electrons. The van der Waals surface area contributed by atoms with Crippen LogP contribution in [0.3, 0.4) is 0 Å². The highest BCUT2D eigenvalue weighted by Crippen LogP contribution is 2.32. The topological polar surface area (TPSA) is 140 Å². The number of aliphatic carboxylic acids is 1. The maximum absolute atomic E-state index is 14.2. The van der Waals surface area contributed by atoms with E-state index in [1.165, 1.54) is 16.2 Å². The van der Waals surface area contributed by atoms with Crippen LogP contribution in [0, 0.1) is 5.41 Å². The molecule has 2 atom stereocenters. The molecule has 1 unspecified atom stereocenters. The Balaban J connectivity index is 1.66. The molecule has 1 fully saturated rings. The largest absolute Gasteiger partial charge is 0.480 e. The van der Waals surface area contributed by atoms with E-state index in [0.717, 1.165) is 11.1 Å². The van der Waals surface area contributed by atoms with Gasteiger partial charge in [-0.15, -0.1) is 11.3 Å². The van der Waals surface area contributed by atoms with E-state index >= 15 is 0 Å². The molecule has 10 heteroatoms. The lowest BCUT2D eigenvalue weighted by Crippen LogP contribution is -2.55. The molecule has 9 nitrogen and oxygen atoms in total. The molecular formula is C28H31N5O4S. The van der Waals surface area contributed by atoms with E-state index in [1.54, 1.807) is 24.1 Å². The van der Waals surface area contributed by atoms with Crippen LogP contribution in [0.15, 0.2) is 72.8 Å². The molecule has 1 aromatic heterocycles. The molecule has 2 heterocycles. The van der Waals surface area contributed by atoms with Crippen molar-refractivity contribution in [2.75, 3.05) is 25.0 Å². The summed E-state index contributed by atoms with van der Waals surface area (Å²) in [5, 5.41) is 20.7. The van der Waals surface area contributed by atoms with Gasteiger partial charge in [-0.25, -0.2) is 0 Å². The monoisotopic (exact) mass is 533 g/mol. The second-order valence-electron chi connectivity index (χ2n) is 9.19. The molecule has 3 aromatic rings.